The van der Waals surface area contributed by atoms with Crippen molar-refractivity contribution in [3.05, 3.63) is 130 Å². The molecule has 5 nitrogen and oxygen atoms in total. The van der Waals surface area contributed by atoms with Gasteiger partial charge < -0.3 is 15.5 Å². The second kappa shape index (κ2) is 11.4. The summed E-state index contributed by atoms with van der Waals surface area (Å²) >= 11 is 6.14. The molecule has 0 aliphatic carbocycles. The SMILES string of the molecule is O=C(Nc1ccc(C(=O)N2CCCC(NCc3ccccc3)c3ccccc32)cc1)c1ccccc1Cl. The molecular formula is C31H28ClN3O2. The number of nitrogens with one attached hydrogen (secondary N) is 2. The molecule has 6 heteroatoms. The standard InChI is InChI=1S/C31H28ClN3O2/c32-27-13-6-4-11-25(27)30(36)34-24-18-16-23(17-19-24)31(37)35-20-8-14-28(26-12-5-7-15-29(26)35)33-21-22-9-2-1-3-10-22/h1-7,9-13,15-19,28,33H,8,14,20-21H2,(H,34,36). The fraction of sp³-hybridized carbons (Fsp3) is 0.161. The van der Waals surface area contributed by atoms with Crippen LogP contribution in [-0.2, 0) is 6.54 Å². The number of hydrogen-bond acceptors (Lipinski definition) is 3. The normalized spacial score (nSPS) is 14.9. The van der Waals surface area contributed by atoms with Crippen molar-refractivity contribution < 1.29 is 9.59 Å². The van der Waals surface area contributed by atoms with E-state index in [2.05, 4.69) is 28.8 Å². The first-order valence-electron chi connectivity index (χ1n) is 12.4. The van der Waals surface area contributed by atoms with Crippen LogP contribution in [0.4, 0.5) is 11.4 Å². The van der Waals surface area contributed by atoms with E-state index in [9.17, 15) is 9.59 Å². The highest BCUT2D eigenvalue weighted by molar-refractivity contribution is 6.34. The Labute approximate surface area is 222 Å². The van der Waals surface area contributed by atoms with Crippen LogP contribution >= 0.6 is 11.6 Å². The van der Waals surface area contributed by atoms with E-state index >= 15 is 0 Å². The van der Waals surface area contributed by atoms with Crippen LogP contribution in [0.1, 0.15) is 50.7 Å². The average Bonchev–Trinajstić information content (AvgIpc) is 3.12. The number of halogens is 1. The fourth-order valence-electron chi connectivity index (χ4n) is 4.71. The third kappa shape index (κ3) is 5.74. The number of benzene rings is 4. The molecule has 4 aromatic carbocycles. The molecule has 1 aliphatic rings. The first-order valence-corrected chi connectivity index (χ1v) is 12.8. The number of para-hydroxylation sites is 1. The van der Waals surface area contributed by atoms with Crippen molar-refractivity contribution in [2.45, 2.75) is 25.4 Å². The smallest absolute Gasteiger partial charge is 0.258 e. The van der Waals surface area contributed by atoms with E-state index in [0.717, 1.165) is 30.6 Å². The van der Waals surface area contributed by atoms with Crippen LogP contribution in [0.5, 0.6) is 0 Å². The Morgan fingerprint density at radius 3 is 2.32 bits per heavy atom. The summed E-state index contributed by atoms with van der Waals surface area (Å²) in [6, 6.07) is 32.5. The maximum atomic E-state index is 13.6. The van der Waals surface area contributed by atoms with Gasteiger partial charge in [-0.2, -0.15) is 0 Å². The van der Waals surface area contributed by atoms with Gasteiger partial charge in [0, 0.05) is 36.1 Å². The van der Waals surface area contributed by atoms with E-state index in [4.69, 9.17) is 11.6 Å². The number of amides is 2. The minimum absolute atomic E-state index is 0.0554. The number of rotatable bonds is 6. The number of anilines is 2. The van der Waals surface area contributed by atoms with Crippen LogP contribution in [0, 0.1) is 0 Å². The van der Waals surface area contributed by atoms with Crippen LogP contribution in [0.25, 0.3) is 0 Å². The van der Waals surface area contributed by atoms with Gasteiger partial charge >= 0.3 is 0 Å². The molecule has 0 saturated carbocycles. The van der Waals surface area contributed by atoms with Gasteiger partial charge in [-0.25, -0.2) is 0 Å². The zero-order valence-electron chi connectivity index (χ0n) is 20.4. The molecule has 1 aliphatic heterocycles. The molecule has 0 aromatic heterocycles. The van der Waals surface area contributed by atoms with Crippen molar-refractivity contribution in [3.8, 4) is 0 Å². The summed E-state index contributed by atoms with van der Waals surface area (Å²) in [5, 5.41) is 6.93. The van der Waals surface area contributed by atoms with Crippen molar-refractivity contribution in [2.24, 2.45) is 0 Å². The highest BCUT2D eigenvalue weighted by Gasteiger charge is 2.27. The Bertz CT molecular complexity index is 1390. The van der Waals surface area contributed by atoms with Crippen molar-refractivity contribution in [3.63, 3.8) is 0 Å². The van der Waals surface area contributed by atoms with Gasteiger partial charge in [0.2, 0.25) is 0 Å². The summed E-state index contributed by atoms with van der Waals surface area (Å²) in [6.45, 7) is 1.42. The van der Waals surface area contributed by atoms with Gasteiger partial charge in [0.25, 0.3) is 11.8 Å². The van der Waals surface area contributed by atoms with Gasteiger partial charge in [0.15, 0.2) is 0 Å². The highest BCUT2D eigenvalue weighted by atomic mass is 35.5. The largest absolute Gasteiger partial charge is 0.322 e. The molecule has 1 atom stereocenters. The second-order valence-electron chi connectivity index (χ2n) is 9.09. The van der Waals surface area contributed by atoms with E-state index in [1.807, 2.05) is 41.3 Å². The molecule has 1 unspecified atom stereocenters. The molecule has 4 aromatic rings. The molecule has 0 spiro atoms. The molecule has 0 fully saturated rings. The van der Waals surface area contributed by atoms with Crippen molar-refractivity contribution in [2.75, 3.05) is 16.8 Å². The summed E-state index contributed by atoms with van der Waals surface area (Å²) in [5.41, 5.74) is 4.88. The quantitative estimate of drug-likeness (QED) is 0.298. The van der Waals surface area contributed by atoms with E-state index < -0.39 is 0 Å². The molecule has 2 amide bonds. The first-order chi connectivity index (χ1) is 18.1. The number of carbonyl (C=O) groups excluding carboxylic acids is 2. The van der Waals surface area contributed by atoms with Crippen LogP contribution in [0.3, 0.4) is 0 Å². The van der Waals surface area contributed by atoms with Crippen molar-refractivity contribution in [1.29, 1.82) is 0 Å². The Morgan fingerprint density at radius 1 is 0.838 bits per heavy atom. The monoisotopic (exact) mass is 509 g/mol. The molecule has 186 valence electrons. The third-order valence-electron chi connectivity index (χ3n) is 6.63. The lowest BCUT2D eigenvalue weighted by Crippen LogP contribution is -2.31. The minimum atomic E-state index is -0.292. The average molecular weight is 510 g/mol. The van der Waals surface area contributed by atoms with Gasteiger partial charge in [0.1, 0.15) is 0 Å². The van der Waals surface area contributed by atoms with E-state index in [1.54, 1.807) is 48.5 Å². The van der Waals surface area contributed by atoms with E-state index in [-0.39, 0.29) is 17.9 Å². The number of carbonyl (C=O) groups is 2. The molecule has 0 bridgehead atoms. The minimum Gasteiger partial charge on any atom is -0.322 e. The summed E-state index contributed by atoms with van der Waals surface area (Å²) in [7, 11) is 0. The molecule has 5 rings (SSSR count). The first kappa shape index (κ1) is 24.8. The summed E-state index contributed by atoms with van der Waals surface area (Å²) in [4.78, 5) is 28.0. The number of fused-ring (bicyclic) bond motifs is 1. The van der Waals surface area contributed by atoms with Crippen LogP contribution in [0.2, 0.25) is 5.02 Å². The lowest BCUT2D eigenvalue weighted by Gasteiger charge is -2.25. The predicted octanol–water partition coefficient (Wildman–Crippen LogP) is 6.86. The Balaban J connectivity index is 1.31. The zero-order valence-corrected chi connectivity index (χ0v) is 21.1. The second-order valence-corrected chi connectivity index (χ2v) is 9.50. The van der Waals surface area contributed by atoms with E-state index in [0.29, 0.717) is 28.4 Å². The molecule has 1 heterocycles. The molecular weight excluding hydrogens is 482 g/mol. The van der Waals surface area contributed by atoms with Crippen LogP contribution < -0.4 is 15.5 Å². The fourth-order valence-corrected chi connectivity index (χ4v) is 4.93. The van der Waals surface area contributed by atoms with E-state index in [1.165, 1.54) is 5.56 Å². The van der Waals surface area contributed by atoms with Gasteiger partial charge in [-0.05, 0) is 66.4 Å². The maximum Gasteiger partial charge on any atom is 0.258 e. The number of nitrogens with zero attached hydrogens (tertiary/aromatic N) is 1. The molecule has 37 heavy (non-hydrogen) atoms. The van der Waals surface area contributed by atoms with Crippen LogP contribution in [0.15, 0.2) is 103 Å². The summed E-state index contributed by atoms with van der Waals surface area (Å²) in [6.07, 6.45) is 1.83. The summed E-state index contributed by atoms with van der Waals surface area (Å²) in [5.74, 6) is -0.347. The Morgan fingerprint density at radius 2 is 1.54 bits per heavy atom. The summed E-state index contributed by atoms with van der Waals surface area (Å²) < 4.78 is 0. The lowest BCUT2D eigenvalue weighted by atomic mass is 10.0. The number of hydrogen-bond donors (Lipinski definition) is 2. The van der Waals surface area contributed by atoms with Gasteiger partial charge in [0.05, 0.1) is 10.6 Å². The zero-order chi connectivity index (χ0) is 25.6. The highest BCUT2D eigenvalue weighted by Crippen LogP contribution is 2.34. The van der Waals surface area contributed by atoms with Crippen molar-refractivity contribution in [1.82, 2.24) is 5.32 Å². The maximum absolute atomic E-state index is 13.6. The Kier molecular flexibility index (Phi) is 7.64. The molecule has 0 radical (unpaired) electrons. The van der Waals surface area contributed by atoms with Gasteiger partial charge in [-0.1, -0.05) is 72.3 Å². The van der Waals surface area contributed by atoms with Gasteiger partial charge in [-0.15, -0.1) is 0 Å². The lowest BCUT2D eigenvalue weighted by molar-refractivity contribution is 0.0985. The third-order valence-corrected chi connectivity index (χ3v) is 6.96. The topological polar surface area (TPSA) is 61.4 Å². The predicted molar refractivity (Wildman–Crippen MR) is 149 cm³/mol. The molecule has 0 saturated heterocycles. The van der Waals surface area contributed by atoms with Crippen molar-refractivity contribution >= 4 is 34.8 Å². The van der Waals surface area contributed by atoms with Crippen LogP contribution in [-0.4, -0.2) is 18.4 Å². The Hall–Kier alpha value is -3.93. The van der Waals surface area contributed by atoms with Gasteiger partial charge in [-0.3, -0.25) is 9.59 Å². The molecule has 2 N–H and O–H groups in total.